The number of carbonyl (C=O) groups is 1. The van der Waals surface area contributed by atoms with E-state index in [2.05, 4.69) is 15.3 Å². The molecule has 2 heterocycles. The number of anilines is 1. The number of hydrogen-bond acceptors (Lipinski definition) is 5. The number of nitrogens with zero attached hydrogens (tertiary/aromatic N) is 2. The highest BCUT2D eigenvalue weighted by molar-refractivity contribution is 6.32. The molecule has 2 aromatic carbocycles. The van der Waals surface area contributed by atoms with Gasteiger partial charge in [-0.1, -0.05) is 11.6 Å². The molecule has 0 bridgehead atoms. The van der Waals surface area contributed by atoms with E-state index < -0.39 is 0 Å². The van der Waals surface area contributed by atoms with Crippen LogP contribution in [0.2, 0.25) is 5.02 Å². The Labute approximate surface area is 191 Å². The summed E-state index contributed by atoms with van der Waals surface area (Å²) in [6.07, 6.45) is 0.0603. The molecular weight excluding hydrogens is 428 g/mol. The molecule has 2 N–H and O–H groups in total. The van der Waals surface area contributed by atoms with E-state index >= 15 is 0 Å². The van der Waals surface area contributed by atoms with Gasteiger partial charge in [-0.25, -0.2) is 4.98 Å². The second-order valence-electron chi connectivity index (χ2n) is 8.45. The zero-order valence-corrected chi connectivity index (χ0v) is 19.4. The number of aromatic amines is 1. The second-order valence-corrected chi connectivity index (χ2v) is 8.86. The van der Waals surface area contributed by atoms with Crippen molar-refractivity contribution >= 4 is 34.1 Å². The number of rotatable bonds is 4. The van der Waals surface area contributed by atoms with Gasteiger partial charge in [-0.2, -0.15) is 0 Å². The summed E-state index contributed by atoms with van der Waals surface area (Å²) in [5.74, 6) is 0.555. The van der Waals surface area contributed by atoms with Crippen molar-refractivity contribution in [3.05, 3.63) is 68.7 Å². The SMILES string of the molecule is Cc1nc2cc(Cl)c([C@H](C)Nc3ccc(C(=O)N4C[C@@H](C)O[C@@H](C)C4)cc3)cc2c(=O)[nH]1. The molecule has 1 saturated heterocycles. The van der Waals surface area contributed by atoms with Gasteiger partial charge in [0.1, 0.15) is 5.82 Å². The Bertz CT molecular complexity index is 1200. The van der Waals surface area contributed by atoms with Crippen molar-refractivity contribution in [2.24, 2.45) is 0 Å². The number of H-pyrrole nitrogens is 1. The zero-order valence-electron chi connectivity index (χ0n) is 18.6. The van der Waals surface area contributed by atoms with E-state index in [1.165, 1.54) is 0 Å². The summed E-state index contributed by atoms with van der Waals surface area (Å²) in [5.41, 5.74) is 2.67. The van der Waals surface area contributed by atoms with E-state index in [-0.39, 0.29) is 29.7 Å². The number of aryl methyl sites for hydroxylation is 1. The minimum absolute atomic E-state index is 0.00573. The molecule has 0 spiro atoms. The topological polar surface area (TPSA) is 87.3 Å². The van der Waals surface area contributed by atoms with Gasteiger partial charge in [0.05, 0.1) is 29.2 Å². The smallest absolute Gasteiger partial charge is 0.258 e. The second kappa shape index (κ2) is 8.92. The van der Waals surface area contributed by atoms with Gasteiger partial charge < -0.3 is 19.9 Å². The Balaban J connectivity index is 1.50. The molecule has 0 saturated carbocycles. The highest BCUT2D eigenvalue weighted by Crippen LogP contribution is 2.29. The summed E-state index contributed by atoms with van der Waals surface area (Å²) in [6.45, 7) is 8.85. The van der Waals surface area contributed by atoms with Crippen molar-refractivity contribution in [1.82, 2.24) is 14.9 Å². The number of halogens is 1. The molecule has 1 amide bonds. The quantitative estimate of drug-likeness (QED) is 0.613. The molecule has 7 nitrogen and oxygen atoms in total. The average molecular weight is 455 g/mol. The molecule has 0 radical (unpaired) electrons. The number of fused-ring (bicyclic) bond motifs is 1. The number of carbonyl (C=O) groups excluding carboxylic acids is 1. The van der Waals surface area contributed by atoms with Crippen LogP contribution in [-0.4, -0.2) is 46.1 Å². The Morgan fingerprint density at radius 3 is 2.53 bits per heavy atom. The summed E-state index contributed by atoms with van der Waals surface area (Å²) < 4.78 is 5.72. The standard InChI is InChI=1S/C24H27ClN4O3/c1-13-11-29(12-14(2)32-13)24(31)17-5-7-18(8-6-17)26-15(3)19-9-20-22(10-21(19)25)27-16(4)28-23(20)30/h5-10,13-15,26H,11-12H2,1-4H3,(H,27,28,30)/t13-,14+,15-/m0/s1. The number of hydrogen-bond donors (Lipinski definition) is 2. The molecule has 1 fully saturated rings. The van der Waals surface area contributed by atoms with Crippen LogP contribution in [0.3, 0.4) is 0 Å². The highest BCUT2D eigenvalue weighted by atomic mass is 35.5. The van der Waals surface area contributed by atoms with Crippen LogP contribution < -0.4 is 10.9 Å². The number of ether oxygens (including phenoxy) is 1. The Kier molecular flexibility index (Phi) is 6.22. The van der Waals surface area contributed by atoms with Crippen LogP contribution in [0.25, 0.3) is 10.9 Å². The Hall–Kier alpha value is -2.90. The van der Waals surface area contributed by atoms with Crippen molar-refractivity contribution in [1.29, 1.82) is 0 Å². The molecule has 1 aromatic heterocycles. The number of benzene rings is 2. The van der Waals surface area contributed by atoms with Crippen molar-refractivity contribution < 1.29 is 9.53 Å². The molecule has 168 valence electrons. The molecule has 32 heavy (non-hydrogen) atoms. The molecule has 1 aliphatic rings. The van der Waals surface area contributed by atoms with Crippen LogP contribution >= 0.6 is 11.6 Å². The van der Waals surface area contributed by atoms with E-state index in [4.69, 9.17) is 16.3 Å². The van der Waals surface area contributed by atoms with Crippen LogP contribution in [0.5, 0.6) is 0 Å². The van der Waals surface area contributed by atoms with Gasteiger partial charge in [-0.15, -0.1) is 0 Å². The molecule has 0 unspecified atom stereocenters. The number of amides is 1. The first-order valence-electron chi connectivity index (χ1n) is 10.7. The van der Waals surface area contributed by atoms with Crippen molar-refractivity contribution in [3.63, 3.8) is 0 Å². The summed E-state index contributed by atoms with van der Waals surface area (Å²) in [7, 11) is 0. The number of aromatic nitrogens is 2. The van der Waals surface area contributed by atoms with Crippen molar-refractivity contribution in [2.45, 2.75) is 45.9 Å². The van der Waals surface area contributed by atoms with E-state index in [1.54, 1.807) is 19.1 Å². The summed E-state index contributed by atoms with van der Waals surface area (Å²) in [4.78, 5) is 34.1. The van der Waals surface area contributed by atoms with Gasteiger partial charge in [0.25, 0.3) is 11.5 Å². The summed E-state index contributed by atoms with van der Waals surface area (Å²) >= 11 is 6.49. The van der Waals surface area contributed by atoms with Crippen LogP contribution in [0.4, 0.5) is 5.69 Å². The maximum absolute atomic E-state index is 12.9. The third-order valence-corrected chi connectivity index (χ3v) is 5.96. The maximum atomic E-state index is 12.9. The van der Waals surface area contributed by atoms with Gasteiger partial charge in [0, 0.05) is 29.4 Å². The van der Waals surface area contributed by atoms with E-state index in [0.717, 1.165) is 11.3 Å². The van der Waals surface area contributed by atoms with E-state index in [9.17, 15) is 9.59 Å². The minimum atomic E-state index is -0.188. The third kappa shape index (κ3) is 4.64. The Morgan fingerprint density at radius 2 is 1.88 bits per heavy atom. The first kappa shape index (κ1) is 22.3. The molecule has 1 aliphatic heterocycles. The van der Waals surface area contributed by atoms with E-state index in [1.807, 2.05) is 49.9 Å². The fourth-order valence-electron chi connectivity index (χ4n) is 4.19. The fourth-order valence-corrected chi connectivity index (χ4v) is 4.51. The third-order valence-electron chi connectivity index (χ3n) is 5.63. The molecule has 0 aliphatic carbocycles. The highest BCUT2D eigenvalue weighted by Gasteiger charge is 2.26. The van der Waals surface area contributed by atoms with Crippen LogP contribution in [0.1, 0.15) is 48.6 Å². The summed E-state index contributed by atoms with van der Waals surface area (Å²) in [5, 5.41) is 4.43. The van der Waals surface area contributed by atoms with Gasteiger partial charge in [-0.3, -0.25) is 9.59 Å². The molecule has 8 heteroatoms. The molecule has 3 atom stereocenters. The lowest BCUT2D eigenvalue weighted by Crippen LogP contribution is -2.48. The summed E-state index contributed by atoms with van der Waals surface area (Å²) in [6, 6.07) is 10.7. The van der Waals surface area contributed by atoms with E-state index in [0.29, 0.717) is 40.4 Å². The van der Waals surface area contributed by atoms with Gasteiger partial charge in [0.2, 0.25) is 0 Å². The first-order valence-corrected chi connectivity index (χ1v) is 11.1. The predicted molar refractivity (Wildman–Crippen MR) is 127 cm³/mol. The normalized spacial score (nSPS) is 19.7. The maximum Gasteiger partial charge on any atom is 0.258 e. The van der Waals surface area contributed by atoms with Crippen LogP contribution in [0, 0.1) is 6.92 Å². The van der Waals surface area contributed by atoms with Gasteiger partial charge in [0.15, 0.2) is 0 Å². The minimum Gasteiger partial charge on any atom is -0.378 e. The largest absolute Gasteiger partial charge is 0.378 e. The van der Waals surface area contributed by atoms with Crippen molar-refractivity contribution in [2.75, 3.05) is 18.4 Å². The zero-order chi connectivity index (χ0) is 23.0. The monoisotopic (exact) mass is 454 g/mol. The lowest BCUT2D eigenvalue weighted by molar-refractivity contribution is -0.0586. The average Bonchev–Trinajstić information content (AvgIpc) is 2.72. The predicted octanol–water partition coefficient (Wildman–Crippen LogP) is 4.31. The van der Waals surface area contributed by atoms with Gasteiger partial charge in [-0.05, 0) is 69.7 Å². The number of morpholine rings is 1. The number of nitrogens with one attached hydrogen (secondary N) is 2. The fraction of sp³-hybridized carbons (Fsp3) is 0.375. The van der Waals surface area contributed by atoms with Crippen molar-refractivity contribution in [3.8, 4) is 0 Å². The molecule has 3 aromatic rings. The lowest BCUT2D eigenvalue weighted by Gasteiger charge is -2.35. The Morgan fingerprint density at radius 1 is 1.22 bits per heavy atom. The lowest BCUT2D eigenvalue weighted by atomic mass is 10.0. The first-order chi connectivity index (χ1) is 15.2. The van der Waals surface area contributed by atoms with Gasteiger partial charge >= 0.3 is 0 Å². The van der Waals surface area contributed by atoms with Crippen LogP contribution in [-0.2, 0) is 4.74 Å². The molecule has 4 rings (SSSR count). The molecular formula is C24H27ClN4O3. The van der Waals surface area contributed by atoms with Crippen LogP contribution in [0.15, 0.2) is 41.2 Å².